The summed E-state index contributed by atoms with van der Waals surface area (Å²) in [6, 6.07) is 10.5. The van der Waals surface area contributed by atoms with E-state index >= 15 is 0 Å². The van der Waals surface area contributed by atoms with Gasteiger partial charge in [0.2, 0.25) is 11.8 Å². The Labute approximate surface area is 188 Å². The number of carbonyl (C=O) groups excluding carboxylic acids is 2. The van der Waals surface area contributed by atoms with Crippen LogP contribution in [-0.2, 0) is 16.1 Å². The molecule has 0 aliphatic carbocycles. The van der Waals surface area contributed by atoms with E-state index in [1.54, 1.807) is 35.6 Å². The smallest absolute Gasteiger partial charge is 0.248 e. The number of rotatable bonds is 8. The fourth-order valence-electron chi connectivity index (χ4n) is 3.29. The lowest BCUT2D eigenvalue weighted by Gasteiger charge is -2.16. The monoisotopic (exact) mass is 457 g/mol. The van der Waals surface area contributed by atoms with Gasteiger partial charge in [-0.25, -0.2) is 0 Å². The molecule has 1 saturated heterocycles. The molecular weight excluding hydrogens is 434 g/mol. The highest BCUT2D eigenvalue weighted by Gasteiger charge is 2.25. The number of thioether (sulfide) groups is 1. The number of carbonyl (C=O) groups is 2. The Hall–Kier alpha value is -2.69. The van der Waals surface area contributed by atoms with E-state index in [-0.39, 0.29) is 12.0 Å². The molecule has 31 heavy (non-hydrogen) atoms. The number of hydrogen-bond donors (Lipinski definition) is 2. The lowest BCUT2D eigenvalue weighted by atomic mass is 10.2. The number of primary amides is 1. The van der Waals surface area contributed by atoms with Crippen molar-refractivity contribution in [1.82, 2.24) is 14.8 Å². The van der Waals surface area contributed by atoms with Gasteiger partial charge >= 0.3 is 0 Å². The van der Waals surface area contributed by atoms with Crippen molar-refractivity contribution in [2.75, 3.05) is 11.9 Å². The van der Waals surface area contributed by atoms with E-state index in [1.165, 1.54) is 11.8 Å². The highest BCUT2D eigenvalue weighted by molar-refractivity contribution is 8.00. The van der Waals surface area contributed by atoms with Crippen LogP contribution in [0, 0.1) is 0 Å². The molecule has 0 radical (unpaired) electrons. The van der Waals surface area contributed by atoms with Gasteiger partial charge in [-0.15, -0.1) is 21.5 Å². The molecule has 2 amide bonds. The topological polar surface area (TPSA) is 112 Å². The number of nitrogens with two attached hydrogens (primary N) is 1. The first-order chi connectivity index (χ1) is 15.0. The van der Waals surface area contributed by atoms with Crippen molar-refractivity contribution in [3.63, 3.8) is 0 Å². The maximum atomic E-state index is 12.7. The SMILES string of the molecule is C[C@H](Sc1nnc(-c2cccs2)n1C[C@H]1CCCO1)C(=O)Nc1ccc(C(N)=O)cc1. The van der Waals surface area contributed by atoms with Crippen molar-refractivity contribution in [2.45, 2.75) is 42.8 Å². The van der Waals surface area contributed by atoms with E-state index in [0.29, 0.717) is 23.0 Å². The van der Waals surface area contributed by atoms with Gasteiger partial charge in [0.25, 0.3) is 0 Å². The minimum atomic E-state index is -0.506. The molecule has 1 aromatic carbocycles. The molecule has 1 fully saturated rings. The minimum absolute atomic E-state index is 0.127. The number of hydrogen-bond acceptors (Lipinski definition) is 7. The minimum Gasteiger partial charge on any atom is -0.376 e. The number of aromatic nitrogens is 3. The van der Waals surface area contributed by atoms with Crippen LogP contribution in [0.15, 0.2) is 46.9 Å². The van der Waals surface area contributed by atoms with E-state index in [0.717, 1.165) is 30.2 Å². The Morgan fingerprint density at radius 3 is 2.77 bits per heavy atom. The first-order valence-corrected chi connectivity index (χ1v) is 11.7. The molecule has 2 aromatic heterocycles. The van der Waals surface area contributed by atoms with Gasteiger partial charge in [-0.2, -0.15) is 0 Å². The van der Waals surface area contributed by atoms with Gasteiger partial charge in [-0.1, -0.05) is 17.8 Å². The molecule has 10 heteroatoms. The molecule has 3 heterocycles. The summed E-state index contributed by atoms with van der Waals surface area (Å²) in [5.41, 5.74) is 6.25. The molecule has 2 atom stereocenters. The highest BCUT2D eigenvalue weighted by atomic mass is 32.2. The molecular formula is C21H23N5O3S2. The summed E-state index contributed by atoms with van der Waals surface area (Å²) in [4.78, 5) is 25.0. The van der Waals surface area contributed by atoms with Gasteiger partial charge in [-0.3, -0.25) is 14.2 Å². The van der Waals surface area contributed by atoms with Crippen molar-refractivity contribution in [3.05, 3.63) is 47.3 Å². The van der Waals surface area contributed by atoms with Crippen molar-refractivity contribution in [1.29, 1.82) is 0 Å². The van der Waals surface area contributed by atoms with Crippen LogP contribution < -0.4 is 11.1 Å². The lowest BCUT2D eigenvalue weighted by molar-refractivity contribution is -0.115. The molecule has 0 unspecified atom stereocenters. The second kappa shape index (κ2) is 9.63. The number of benzene rings is 1. The zero-order valence-corrected chi connectivity index (χ0v) is 18.6. The van der Waals surface area contributed by atoms with E-state index < -0.39 is 11.2 Å². The lowest BCUT2D eigenvalue weighted by Crippen LogP contribution is -2.23. The third kappa shape index (κ3) is 5.15. The number of anilines is 1. The molecule has 0 spiro atoms. The second-order valence-corrected chi connectivity index (χ2v) is 9.48. The van der Waals surface area contributed by atoms with Gasteiger partial charge in [0, 0.05) is 17.9 Å². The number of ether oxygens (including phenoxy) is 1. The van der Waals surface area contributed by atoms with Gasteiger partial charge in [-0.05, 0) is 55.5 Å². The number of thiophene rings is 1. The summed E-state index contributed by atoms with van der Waals surface area (Å²) >= 11 is 2.97. The van der Waals surface area contributed by atoms with Crippen LogP contribution in [0.25, 0.3) is 10.7 Å². The van der Waals surface area contributed by atoms with Crippen molar-refractivity contribution in [3.8, 4) is 10.7 Å². The second-order valence-electron chi connectivity index (χ2n) is 7.22. The molecule has 3 aromatic rings. The Balaban J connectivity index is 1.48. The Morgan fingerprint density at radius 2 is 2.13 bits per heavy atom. The molecule has 1 aliphatic heterocycles. The van der Waals surface area contributed by atoms with Crippen LogP contribution in [0.5, 0.6) is 0 Å². The highest BCUT2D eigenvalue weighted by Crippen LogP contribution is 2.31. The summed E-state index contributed by atoms with van der Waals surface area (Å²) in [5, 5.41) is 13.9. The molecule has 0 bridgehead atoms. The third-order valence-electron chi connectivity index (χ3n) is 4.96. The number of amides is 2. The van der Waals surface area contributed by atoms with Crippen LogP contribution in [0.4, 0.5) is 5.69 Å². The van der Waals surface area contributed by atoms with Crippen LogP contribution in [0.2, 0.25) is 0 Å². The third-order valence-corrected chi connectivity index (χ3v) is 6.90. The summed E-state index contributed by atoms with van der Waals surface area (Å²) in [6.07, 6.45) is 2.18. The molecule has 3 N–H and O–H groups in total. The average Bonchev–Trinajstić information content (AvgIpc) is 3.52. The van der Waals surface area contributed by atoms with Gasteiger partial charge in [0.05, 0.1) is 22.8 Å². The van der Waals surface area contributed by atoms with Gasteiger partial charge in [0.15, 0.2) is 11.0 Å². The molecule has 162 valence electrons. The maximum absolute atomic E-state index is 12.7. The van der Waals surface area contributed by atoms with Crippen LogP contribution in [-0.4, -0.2) is 44.5 Å². The fourth-order valence-corrected chi connectivity index (χ4v) is 4.87. The maximum Gasteiger partial charge on any atom is 0.248 e. The molecule has 8 nitrogen and oxygen atoms in total. The average molecular weight is 458 g/mol. The van der Waals surface area contributed by atoms with Gasteiger partial charge < -0.3 is 15.8 Å². The van der Waals surface area contributed by atoms with Crippen LogP contribution in [0.3, 0.4) is 0 Å². The Bertz CT molecular complexity index is 1040. The van der Waals surface area contributed by atoms with Crippen LogP contribution >= 0.6 is 23.1 Å². The van der Waals surface area contributed by atoms with E-state index in [4.69, 9.17) is 10.5 Å². The fraction of sp³-hybridized carbons (Fsp3) is 0.333. The van der Waals surface area contributed by atoms with Gasteiger partial charge in [0.1, 0.15) is 0 Å². The number of nitrogens with zero attached hydrogens (tertiary/aromatic N) is 3. The predicted octanol–water partition coefficient (Wildman–Crippen LogP) is 3.40. The van der Waals surface area contributed by atoms with Crippen molar-refractivity contribution >= 4 is 40.6 Å². The zero-order chi connectivity index (χ0) is 21.8. The first-order valence-electron chi connectivity index (χ1n) is 9.97. The van der Waals surface area contributed by atoms with E-state index in [1.807, 2.05) is 24.4 Å². The quantitative estimate of drug-likeness (QED) is 0.502. The standard InChI is InChI=1S/C21H23N5O3S2/c1-13(20(28)23-15-8-6-14(7-9-15)18(22)27)31-21-25-24-19(17-5-3-11-30-17)26(21)12-16-4-2-10-29-16/h3,5-9,11,13,16H,2,4,10,12H2,1H3,(H2,22,27)(H,23,28)/t13-,16+/m0/s1. The van der Waals surface area contributed by atoms with Crippen LogP contribution in [0.1, 0.15) is 30.1 Å². The van der Waals surface area contributed by atoms with E-state index in [9.17, 15) is 9.59 Å². The summed E-state index contributed by atoms with van der Waals surface area (Å²) in [5.74, 6) is 0.123. The Morgan fingerprint density at radius 1 is 1.32 bits per heavy atom. The molecule has 1 aliphatic rings. The zero-order valence-electron chi connectivity index (χ0n) is 17.0. The van der Waals surface area contributed by atoms with E-state index in [2.05, 4.69) is 20.1 Å². The first kappa shape index (κ1) is 21.5. The largest absolute Gasteiger partial charge is 0.376 e. The summed E-state index contributed by atoms with van der Waals surface area (Å²) in [7, 11) is 0. The van der Waals surface area contributed by atoms with Crippen molar-refractivity contribution in [2.24, 2.45) is 5.73 Å². The predicted molar refractivity (Wildman–Crippen MR) is 121 cm³/mol. The van der Waals surface area contributed by atoms with Crippen molar-refractivity contribution < 1.29 is 14.3 Å². The summed E-state index contributed by atoms with van der Waals surface area (Å²) < 4.78 is 7.87. The normalized spacial score (nSPS) is 16.9. The number of nitrogens with one attached hydrogen (secondary N) is 1. The Kier molecular flexibility index (Phi) is 6.69. The summed E-state index contributed by atoms with van der Waals surface area (Å²) in [6.45, 7) is 3.26. The molecule has 0 saturated carbocycles. The molecule has 4 rings (SSSR count).